The van der Waals surface area contributed by atoms with Gasteiger partial charge in [0.15, 0.2) is 11.6 Å². The highest BCUT2D eigenvalue weighted by atomic mass is 35.5. The molecule has 0 atom stereocenters. The SMILES string of the molecule is Nc1ncc(-c2ccccc2OCc2ccccc2)cc1OCc1c(Cl)cccc1Cl. The molecule has 1 aromatic heterocycles. The third-order valence-corrected chi connectivity index (χ3v) is 5.46. The Morgan fingerprint density at radius 3 is 2.19 bits per heavy atom. The molecular formula is C25H20Cl2N2O2. The van der Waals surface area contributed by atoms with Gasteiger partial charge in [0.1, 0.15) is 19.0 Å². The first-order valence-electron chi connectivity index (χ1n) is 9.69. The first-order valence-corrected chi connectivity index (χ1v) is 10.4. The molecule has 0 saturated carbocycles. The van der Waals surface area contributed by atoms with E-state index in [9.17, 15) is 0 Å². The Balaban J connectivity index is 1.57. The molecule has 156 valence electrons. The van der Waals surface area contributed by atoms with Crippen LogP contribution in [0.25, 0.3) is 11.1 Å². The number of halogens is 2. The molecule has 3 aromatic carbocycles. The fraction of sp³-hybridized carbons (Fsp3) is 0.0800. The molecule has 4 aromatic rings. The van der Waals surface area contributed by atoms with Crippen LogP contribution in [0.4, 0.5) is 5.82 Å². The van der Waals surface area contributed by atoms with Gasteiger partial charge in [-0.2, -0.15) is 0 Å². The van der Waals surface area contributed by atoms with Crippen LogP contribution < -0.4 is 15.2 Å². The van der Waals surface area contributed by atoms with Gasteiger partial charge in [-0.3, -0.25) is 0 Å². The monoisotopic (exact) mass is 450 g/mol. The zero-order valence-corrected chi connectivity index (χ0v) is 18.1. The molecule has 0 radical (unpaired) electrons. The first-order chi connectivity index (χ1) is 15.1. The number of nitrogen functional groups attached to an aromatic ring is 1. The Bertz CT molecular complexity index is 1160. The first kappa shape index (κ1) is 21.0. The molecule has 2 N–H and O–H groups in total. The van der Waals surface area contributed by atoms with Crippen molar-refractivity contribution < 1.29 is 9.47 Å². The summed E-state index contributed by atoms with van der Waals surface area (Å²) < 4.78 is 12.0. The number of benzene rings is 3. The zero-order chi connectivity index (χ0) is 21.6. The molecule has 0 amide bonds. The molecule has 4 rings (SSSR count). The Hall–Kier alpha value is -3.21. The van der Waals surface area contributed by atoms with Gasteiger partial charge in [0.05, 0.1) is 0 Å². The lowest BCUT2D eigenvalue weighted by Crippen LogP contribution is -2.02. The normalized spacial score (nSPS) is 10.6. The van der Waals surface area contributed by atoms with Crippen molar-refractivity contribution in [3.63, 3.8) is 0 Å². The molecule has 0 unspecified atom stereocenters. The van der Waals surface area contributed by atoms with E-state index >= 15 is 0 Å². The highest BCUT2D eigenvalue weighted by molar-refractivity contribution is 6.35. The highest BCUT2D eigenvalue weighted by Crippen LogP contribution is 2.34. The molecule has 0 bridgehead atoms. The highest BCUT2D eigenvalue weighted by Gasteiger charge is 2.12. The summed E-state index contributed by atoms with van der Waals surface area (Å²) in [4.78, 5) is 4.30. The molecule has 0 aliphatic rings. The number of nitrogens with zero attached hydrogens (tertiary/aromatic N) is 1. The average Bonchev–Trinajstić information content (AvgIpc) is 2.79. The smallest absolute Gasteiger partial charge is 0.166 e. The van der Waals surface area contributed by atoms with Crippen molar-refractivity contribution in [2.24, 2.45) is 0 Å². The maximum absolute atomic E-state index is 6.24. The van der Waals surface area contributed by atoms with Crippen LogP contribution in [0, 0.1) is 0 Å². The number of anilines is 1. The average molecular weight is 451 g/mol. The van der Waals surface area contributed by atoms with Gasteiger partial charge in [-0.15, -0.1) is 0 Å². The van der Waals surface area contributed by atoms with Crippen LogP contribution in [0.15, 0.2) is 85.1 Å². The number of para-hydroxylation sites is 1. The summed E-state index contributed by atoms with van der Waals surface area (Å²) >= 11 is 12.5. The van der Waals surface area contributed by atoms with Crippen LogP contribution in [0.1, 0.15) is 11.1 Å². The number of rotatable bonds is 7. The summed E-state index contributed by atoms with van der Waals surface area (Å²) in [5, 5.41) is 1.07. The van der Waals surface area contributed by atoms with E-state index in [2.05, 4.69) is 4.98 Å². The Morgan fingerprint density at radius 1 is 0.742 bits per heavy atom. The second-order valence-electron chi connectivity index (χ2n) is 6.87. The molecule has 0 spiro atoms. The number of hydrogen-bond donors (Lipinski definition) is 1. The third kappa shape index (κ3) is 5.10. The molecule has 0 fully saturated rings. The van der Waals surface area contributed by atoms with Gasteiger partial charge in [0, 0.05) is 32.9 Å². The maximum atomic E-state index is 6.24. The number of aromatic nitrogens is 1. The standard InChI is InChI=1S/C25H20Cl2N2O2/c26-21-10-6-11-22(27)20(21)16-31-24-13-18(14-29-25(24)28)19-9-4-5-12-23(19)30-15-17-7-2-1-3-8-17/h1-14H,15-16H2,(H2,28,29). The summed E-state index contributed by atoms with van der Waals surface area (Å²) in [6.45, 7) is 0.647. The number of nitrogens with two attached hydrogens (primary N) is 1. The Kier molecular flexibility index (Phi) is 6.60. The molecule has 0 aliphatic carbocycles. The largest absolute Gasteiger partial charge is 0.488 e. The summed E-state index contributed by atoms with van der Waals surface area (Å²) in [5.41, 5.74) is 9.56. The second kappa shape index (κ2) is 9.73. The van der Waals surface area contributed by atoms with Gasteiger partial charge >= 0.3 is 0 Å². The molecule has 0 saturated heterocycles. The zero-order valence-electron chi connectivity index (χ0n) is 16.6. The summed E-state index contributed by atoms with van der Waals surface area (Å²) in [6.07, 6.45) is 1.70. The van der Waals surface area contributed by atoms with Crippen molar-refractivity contribution in [2.45, 2.75) is 13.2 Å². The van der Waals surface area contributed by atoms with Gasteiger partial charge in [-0.25, -0.2) is 4.98 Å². The molecular weight excluding hydrogens is 431 g/mol. The number of ether oxygens (including phenoxy) is 2. The number of pyridine rings is 1. The van der Waals surface area contributed by atoms with E-state index < -0.39 is 0 Å². The number of hydrogen-bond acceptors (Lipinski definition) is 4. The van der Waals surface area contributed by atoms with Crippen molar-refractivity contribution in [3.05, 3.63) is 106 Å². The molecule has 0 aliphatic heterocycles. The molecule has 6 heteroatoms. The van der Waals surface area contributed by atoms with E-state index in [-0.39, 0.29) is 12.4 Å². The minimum Gasteiger partial charge on any atom is -0.488 e. The van der Waals surface area contributed by atoms with Gasteiger partial charge in [0.25, 0.3) is 0 Å². The van der Waals surface area contributed by atoms with Crippen molar-refractivity contribution in [3.8, 4) is 22.6 Å². The fourth-order valence-corrected chi connectivity index (χ4v) is 3.61. The van der Waals surface area contributed by atoms with Crippen molar-refractivity contribution in [2.75, 3.05) is 5.73 Å². The quantitative estimate of drug-likeness (QED) is 0.336. The van der Waals surface area contributed by atoms with E-state index in [1.165, 1.54) is 0 Å². The molecule has 1 heterocycles. The topological polar surface area (TPSA) is 57.4 Å². The van der Waals surface area contributed by atoms with E-state index in [1.54, 1.807) is 24.4 Å². The third-order valence-electron chi connectivity index (χ3n) is 4.75. The lowest BCUT2D eigenvalue weighted by molar-refractivity contribution is 0.306. The maximum Gasteiger partial charge on any atom is 0.166 e. The summed E-state index contributed by atoms with van der Waals surface area (Å²) in [5.74, 6) is 1.49. The van der Waals surface area contributed by atoms with Crippen molar-refractivity contribution in [1.82, 2.24) is 4.98 Å². The Labute approximate surface area is 191 Å². The lowest BCUT2D eigenvalue weighted by atomic mass is 10.1. The molecule has 31 heavy (non-hydrogen) atoms. The molecule has 4 nitrogen and oxygen atoms in total. The van der Waals surface area contributed by atoms with Gasteiger partial charge in [-0.1, -0.05) is 77.8 Å². The van der Waals surface area contributed by atoms with E-state index in [1.807, 2.05) is 60.7 Å². The minimum absolute atomic E-state index is 0.181. The summed E-state index contributed by atoms with van der Waals surface area (Å²) in [7, 11) is 0. The summed E-state index contributed by atoms with van der Waals surface area (Å²) in [6, 6.07) is 25.0. The fourth-order valence-electron chi connectivity index (χ4n) is 3.10. The van der Waals surface area contributed by atoms with Crippen LogP contribution >= 0.6 is 23.2 Å². The van der Waals surface area contributed by atoms with E-state index in [0.717, 1.165) is 22.4 Å². The van der Waals surface area contributed by atoms with Gasteiger partial charge < -0.3 is 15.2 Å². The van der Waals surface area contributed by atoms with Crippen LogP contribution in [-0.4, -0.2) is 4.98 Å². The van der Waals surface area contributed by atoms with Crippen LogP contribution in [-0.2, 0) is 13.2 Å². The van der Waals surface area contributed by atoms with Gasteiger partial charge in [-0.05, 0) is 29.8 Å². The predicted octanol–water partition coefficient (Wildman–Crippen LogP) is 6.80. The van der Waals surface area contributed by atoms with Crippen LogP contribution in [0.5, 0.6) is 11.5 Å². The van der Waals surface area contributed by atoms with E-state index in [0.29, 0.717) is 28.0 Å². The lowest BCUT2D eigenvalue weighted by Gasteiger charge is -2.14. The minimum atomic E-state index is 0.181. The van der Waals surface area contributed by atoms with E-state index in [4.69, 9.17) is 38.4 Å². The Morgan fingerprint density at radius 2 is 1.42 bits per heavy atom. The van der Waals surface area contributed by atoms with Crippen LogP contribution in [0.2, 0.25) is 10.0 Å². The van der Waals surface area contributed by atoms with Crippen molar-refractivity contribution in [1.29, 1.82) is 0 Å². The second-order valence-corrected chi connectivity index (χ2v) is 7.68. The van der Waals surface area contributed by atoms with Crippen molar-refractivity contribution >= 4 is 29.0 Å². The van der Waals surface area contributed by atoms with Gasteiger partial charge in [0.2, 0.25) is 0 Å². The predicted molar refractivity (Wildman–Crippen MR) is 126 cm³/mol. The van der Waals surface area contributed by atoms with Crippen LogP contribution in [0.3, 0.4) is 0 Å².